The maximum atomic E-state index is 12.6. The summed E-state index contributed by atoms with van der Waals surface area (Å²) < 4.78 is 42.9. The van der Waals surface area contributed by atoms with Crippen molar-refractivity contribution in [2.75, 3.05) is 6.54 Å². The zero-order valence-corrected chi connectivity index (χ0v) is 13.7. The first-order chi connectivity index (χ1) is 12.3. The Morgan fingerprint density at radius 3 is 2.42 bits per heavy atom. The van der Waals surface area contributed by atoms with E-state index in [0.29, 0.717) is 11.1 Å². The van der Waals surface area contributed by atoms with Crippen LogP contribution in [0.3, 0.4) is 0 Å². The monoisotopic (exact) mass is 361 g/mol. The van der Waals surface area contributed by atoms with E-state index in [1.165, 1.54) is 18.2 Å². The average Bonchev–Trinajstić information content (AvgIpc) is 2.62. The second-order valence-electron chi connectivity index (χ2n) is 5.73. The highest BCUT2D eigenvalue weighted by Crippen LogP contribution is 2.27. The third-order valence-corrected chi connectivity index (χ3v) is 3.87. The summed E-state index contributed by atoms with van der Waals surface area (Å²) in [5.41, 5.74) is 0.490. The number of halogens is 3. The number of para-hydroxylation sites is 1. The van der Waals surface area contributed by atoms with E-state index < -0.39 is 18.6 Å². The van der Waals surface area contributed by atoms with Crippen LogP contribution in [0.2, 0.25) is 0 Å². The van der Waals surface area contributed by atoms with Crippen molar-refractivity contribution >= 4 is 16.9 Å². The molecule has 0 aliphatic carbocycles. The van der Waals surface area contributed by atoms with Gasteiger partial charge in [-0.25, -0.2) is 0 Å². The van der Waals surface area contributed by atoms with Crippen molar-refractivity contribution in [2.24, 2.45) is 0 Å². The Labute approximate surface area is 146 Å². The molecule has 2 aromatic carbocycles. The first-order valence-electron chi connectivity index (χ1n) is 7.75. The number of carbonyl (C=O) groups excluding carboxylic acids is 1. The van der Waals surface area contributed by atoms with Crippen LogP contribution in [-0.2, 0) is 0 Å². The summed E-state index contributed by atoms with van der Waals surface area (Å²) in [4.78, 5) is 24.8. The molecule has 0 atom stereocenters. The maximum absolute atomic E-state index is 12.6. The second kappa shape index (κ2) is 6.67. The van der Waals surface area contributed by atoms with Crippen LogP contribution in [0.25, 0.3) is 22.3 Å². The summed E-state index contributed by atoms with van der Waals surface area (Å²) >= 11 is 0. The predicted molar refractivity (Wildman–Crippen MR) is 91.0 cm³/mol. The van der Waals surface area contributed by atoms with Gasteiger partial charge in [0.05, 0.1) is 10.9 Å². The Hall–Kier alpha value is -3.09. The second-order valence-corrected chi connectivity index (χ2v) is 5.73. The molecule has 134 valence electrons. The van der Waals surface area contributed by atoms with E-state index in [2.05, 4.69) is 0 Å². The lowest BCUT2D eigenvalue weighted by Crippen LogP contribution is -2.33. The first kappa shape index (κ1) is 17.7. The van der Waals surface area contributed by atoms with Crippen LogP contribution in [0, 0.1) is 6.92 Å². The van der Waals surface area contributed by atoms with Gasteiger partial charge >= 0.3 is 6.18 Å². The molecule has 0 bridgehead atoms. The topological polar surface area (TPSA) is 59.3 Å². The number of alkyl halides is 3. The van der Waals surface area contributed by atoms with Crippen LogP contribution in [0.15, 0.2) is 57.7 Å². The Morgan fingerprint density at radius 2 is 1.77 bits per heavy atom. The quantitative estimate of drug-likeness (QED) is 0.765. The molecule has 0 radical (unpaired) electrons. The highest BCUT2D eigenvalue weighted by molar-refractivity contribution is 6.05. The number of rotatable bonds is 3. The fourth-order valence-corrected chi connectivity index (χ4v) is 2.63. The molecule has 0 aliphatic rings. The van der Waals surface area contributed by atoms with Crippen LogP contribution in [0.1, 0.15) is 15.9 Å². The number of carbonyl (C=O) groups is 1. The third-order valence-electron chi connectivity index (χ3n) is 3.87. The minimum absolute atomic E-state index is 0.0402. The van der Waals surface area contributed by atoms with Crippen molar-refractivity contribution < 1.29 is 22.4 Å². The van der Waals surface area contributed by atoms with Gasteiger partial charge in [-0.1, -0.05) is 36.4 Å². The summed E-state index contributed by atoms with van der Waals surface area (Å²) in [6, 6.07) is 13.0. The molecule has 1 N–H and O–H groups in total. The van der Waals surface area contributed by atoms with E-state index >= 15 is 0 Å². The Morgan fingerprint density at radius 1 is 1.08 bits per heavy atom. The number of amides is 1. The molecule has 3 rings (SSSR count). The minimum atomic E-state index is -4.53. The van der Waals surface area contributed by atoms with Crippen LogP contribution in [-0.4, -0.2) is 18.6 Å². The van der Waals surface area contributed by atoms with Crippen LogP contribution in [0.5, 0.6) is 0 Å². The van der Waals surface area contributed by atoms with Gasteiger partial charge in [0.1, 0.15) is 12.3 Å². The van der Waals surface area contributed by atoms with Gasteiger partial charge in [-0.2, -0.15) is 13.2 Å². The highest BCUT2D eigenvalue weighted by atomic mass is 19.4. The molecule has 0 saturated heterocycles. The third kappa shape index (κ3) is 3.46. The summed E-state index contributed by atoms with van der Waals surface area (Å²) in [6.45, 7) is 0.133. The number of benzene rings is 2. The maximum Gasteiger partial charge on any atom is 0.405 e. The fourth-order valence-electron chi connectivity index (χ4n) is 2.63. The molecule has 4 nitrogen and oxygen atoms in total. The SMILES string of the molecule is Cc1c(-c2ccccc2)oc2c(C(=O)NCC(F)(F)F)cccc2c1=O. The fraction of sp³-hybridized carbons (Fsp3) is 0.158. The molecule has 1 aromatic heterocycles. The summed E-state index contributed by atoms with van der Waals surface area (Å²) in [5, 5.41) is 1.94. The molecule has 3 aromatic rings. The zero-order chi connectivity index (χ0) is 18.9. The minimum Gasteiger partial charge on any atom is -0.455 e. The van der Waals surface area contributed by atoms with Gasteiger partial charge in [0.2, 0.25) is 0 Å². The molecule has 26 heavy (non-hydrogen) atoms. The van der Waals surface area contributed by atoms with Crippen molar-refractivity contribution in [3.63, 3.8) is 0 Å². The van der Waals surface area contributed by atoms with E-state index in [9.17, 15) is 22.8 Å². The lowest BCUT2D eigenvalue weighted by molar-refractivity contribution is -0.123. The highest BCUT2D eigenvalue weighted by Gasteiger charge is 2.28. The summed E-state index contributed by atoms with van der Waals surface area (Å²) in [5.74, 6) is -0.682. The summed E-state index contributed by atoms with van der Waals surface area (Å²) in [7, 11) is 0. The number of hydrogen-bond acceptors (Lipinski definition) is 3. The number of nitrogens with one attached hydrogen (secondary N) is 1. The van der Waals surface area contributed by atoms with Crippen LogP contribution < -0.4 is 10.7 Å². The average molecular weight is 361 g/mol. The van der Waals surface area contributed by atoms with Crippen molar-refractivity contribution in [3.8, 4) is 11.3 Å². The van der Waals surface area contributed by atoms with Crippen LogP contribution in [0.4, 0.5) is 13.2 Å². The zero-order valence-electron chi connectivity index (χ0n) is 13.7. The van der Waals surface area contributed by atoms with Gasteiger partial charge in [-0.15, -0.1) is 0 Å². The van der Waals surface area contributed by atoms with Crippen molar-refractivity contribution in [1.29, 1.82) is 0 Å². The van der Waals surface area contributed by atoms with Crippen LogP contribution >= 0.6 is 0 Å². The van der Waals surface area contributed by atoms with Crippen molar-refractivity contribution in [1.82, 2.24) is 5.32 Å². The molecule has 7 heteroatoms. The molecular weight excluding hydrogens is 347 g/mol. The van der Waals surface area contributed by atoms with Crippen molar-refractivity contribution in [3.05, 3.63) is 69.9 Å². The van der Waals surface area contributed by atoms with E-state index in [1.807, 2.05) is 0 Å². The van der Waals surface area contributed by atoms with Crippen molar-refractivity contribution in [2.45, 2.75) is 13.1 Å². The molecule has 0 aliphatic heterocycles. The molecule has 0 unspecified atom stereocenters. The number of hydrogen-bond donors (Lipinski definition) is 1. The van der Waals surface area contributed by atoms with Gasteiger partial charge in [-0.05, 0) is 19.1 Å². The van der Waals surface area contributed by atoms with E-state index in [0.717, 1.165) is 0 Å². The van der Waals surface area contributed by atoms with E-state index in [1.54, 1.807) is 42.6 Å². The van der Waals surface area contributed by atoms with E-state index in [-0.39, 0.29) is 27.7 Å². The Bertz CT molecular complexity index is 1020. The molecule has 0 fully saturated rings. The Kier molecular flexibility index (Phi) is 4.54. The standard InChI is InChI=1S/C19H14F3NO3/c1-11-15(24)13-8-5-9-14(18(25)23-10-19(20,21)22)17(13)26-16(11)12-6-3-2-4-7-12/h2-9H,10H2,1H3,(H,23,25). The summed E-state index contributed by atoms with van der Waals surface area (Å²) in [6.07, 6.45) is -4.53. The van der Waals surface area contributed by atoms with Gasteiger partial charge in [0.25, 0.3) is 5.91 Å². The first-order valence-corrected chi connectivity index (χ1v) is 7.75. The molecule has 0 spiro atoms. The predicted octanol–water partition coefficient (Wildman–Crippen LogP) is 4.06. The lowest BCUT2D eigenvalue weighted by Gasteiger charge is -2.11. The molecular formula is C19H14F3NO3. The van der Waals surface area contributed by atoms with Gasteiger partial charge in [0, 0.05) is 11.1 Å². The van der Waals surface area contributed by atoms with Gasteiger partial charge in [-0.3, -0.25) is 9.59 Å². The molecule has 1 heterocycles. The Balaban J connectivity index is 2.16. The van der Waals surface area contributed by atoms with E-state index in [4.69, 9.17) is 4.42 Å². The normalized spacial score (nSPS) is 11.5. The number of fused-ring (bicyclic) bond motifs is 1. The van der Waals surface area contributed by atoms with Gasteiger partial charge in [0.15, 0.2) is 11.0 Å². The molecule has 1 amide bonds. The van der Waals surface area contributed by atoms with Gasteiger partial charge < -0.3 is 9.73 Å². The molecule has 0 saturated carbocycles. The smallest absolute Gasteiger partial charge is 0.405 e. The largest absolute Gasteiger partial charge is 0.455 e. The lowest BCUT2D eigenvalue weighted by atomic mass is 10.0.